The summed E-state index contributed by atoms with van der Waals surface area (Å²) in [5.74, 6) is -1.49. The first-order valence-electron chi connectivity index (χ1n) is 7.72. The van der Waals surface area contributed by atoms with Crippen molar-refractivity contribution < 1.29 is 23.8 Å². The van der Waals surface area contributed by atoms with Crippen molar-refractivity contribution >= 4 is 5.97 Å². The van der Waals surface area contributed by atoms with Gasteiger partial charge in [0.05, 0.1) is 20.1 Å². The lowest BCUT2D eigenvalue weighted by atomic mass is 9.90. The molecule has 0 radical (unpaired) electrons. The van der Waals surface area contributed by atoms with Crippen molar-refractivity contribution in [3.05, 3.63) is 58.9 Å². The predicted octanol–water partition coefficient (Wildman–Crippen LogP) is 3.82. The maximum absolute atomic E-state index is 13.6. The molecule has 0 bridgehead atoms. The van der Waals surface area contributed by atoms with E-state index in [1.54, 1.807) is 7.11 Å². The highest BCUT2D eigenvalue weighted by molar-refractivity contribution is 5.78. The first-order valence-corrected chi connectivity index (χ1v) is 7.72. The van der Waals surface area contributed by atoms with E-state index in [2.05, 4.69) is 0 Å². The Morgan fingerprint density at radius 3 is 2.38 bits per heavy atom. The van der Waals surface area contributed by atoms with Gasteiger partial charge in [0.2, 0.25) is 0 Å². The third kappa shape index (κ3) is 3.85. The Bertz CT molecular complexity index is 727. The van der Waals surface area contributed by atoms with Crippen molar-refractivity contribution in [1.82, 2.24) is 0 Å². The van der Waals surface area contributed by atoms with Gasteiger partial charge in [0.1, 0.15) is 17.3 Å². The molecule has 0 aliphatic heterocycles. The summed E-state index contributed by atoms with van der Waals surface area (Å²) in [6, 6.07) is 9.62. The number of hydrogen-bond acceptors (Lipinski definition) is 3. The van der Waals surface area contributed by atoms with Crippen LogP contribution in [-0.2, 0) is 17.6 Å². The predicted molar refractivity (Wildman–Crippen MR) is 89.4 cm³/mol. The molecule has 0 aliphatic rings. The number of methoxy groups -OCH3 is 2. The molecule has 2 rings (SSSR count). The number of benzene rings is 2. The van der Waals surface area contributed by atoms with Crippen LogP contribution in [0.15, 0.2) is 36.4 Å². The molecule has 2 aromatic rings. The molecule has 0 aliphatic carbocycles. The Balaban J connectivity index is 2.47. The second-order valence-corrected chi connectivity index (χ2v) is 5.48. The SMILES string of the molecule is CCc1ccc(OC)c(CC(C(=O)O)c2cc(F)ccc2OC)c1. The second kappa shape index (κ2) is 7.81. The summed E-state index contributed by atoms with van der Waals surface area (Å²) in [5, 5.41) is 9.67. The number of halogens is 1. The van der Waals surface area contributed by atoms with Crippen LogP contribution >= 0.6 is 0 Å². The molecule has 0 fully saturated rings. The van der Waals surface area contributed by atoms with E-state index in [9.17, 15) is 14.3 Å². The number of carboxylic acid groups (broad SMARTS) is 1. The number of hydrogen-bond donors (Lipinski definition) is 1. The standard InChI is InChI=1S/C19H21FO4/c1-4-12-5-7-17(23-2)13(9-12)10-16(19(21)22)15-11-14(20)6-8-18(15)24-3/h5-9,11,16H,4,10H2,1-3H3,(H,21,22). The lowest BCUT2D eigenvalue weighted by Crippen LogP contribution is -2.16. The molecular weight excluding hydrogens is 311 g/mol. The quantitative estimate of drug-likeness (QED) is 0.837. The number of rotatable bonds is 7. The monoisotopic (exact) mass is 332 g/mol. The van der Waals surface area contributed by atoms with Gasteiger partial charge in [-0.25, -0.2) is 4.39 Å². The highest BCUT2D eigenvalue weighted by Gasteiger charge is 2.26. The fourth-order valence-electron chi connectivity index (χ4n) is 2.74. The molecule has 2 aromatic carbocycles. The first-order chi connectivity index (χ1) is 11.5. The van der Waals surface area contributed by atoms with Gasteiger partial charge in [0, 0.05) is 5.56 Å². The second-order valence-electron chi connectivity index (χ2n) is 5.48. The number of carboxylic acids is 1. The van der Waals surface area contributed by atoms with Gasteiger partial charge in [0.25, 0.3) is 0 Å². The van der Waals surface area contributed by atoms with Crippen molar-refractivity contribution in [2.45, 2.75) is 25.7 Å². The van der Waals surface area contributed by atoms with Crippen molar-refractivity contribution in [2.75, 3.05) is 14.2 Å². The smallest absolute Gasteiger partial charge is 0.311 e. The van der Waals surface area contributed by atoms with Crippen LogP contribution in [0.25, 0.3) is 0 Å². The third-order valence-corrected chi connectivity index (χ3v) is 4.04. The Labute approximate surface area is 140 Å². The Morgan fingerprint density at radius 2 is 1.79 bits per heavy atom. The minimum Gasteiger partial charge on any atom is -0.496 e. The molecule has 0 heterocycles. The zero-order valence-corrected chi connectivity index (χ0v) is 14.0. The van der Waals surface area contributed by atoms with Crippen LogP contribution in [0.5, 0.6) is 11.5 Å². The number of aryl methyl sites for hydroxylation is 1. The summed E-state index contributed by atoms with van der Waals surface area (Å²) in [6.45, 7) is 2.02. The summed E-state index contributed by atoms with van der Waals surface area (Å²) < 4.78 is 24.2. The van der Waals surface area contributed by atoms with E-state index < -0.39 is 17.7 Å². The Hall–Kier alpha value is -2.56. The minimum absolute atomic E-state index is 0.187. The van der Waals surface area contributed by atoms with Crippen LogP contribution in [0.4, 0.5) is 4.39 Å². The third-order valence-electron chi connectivity index (χ3n) is 4.04. The number of aliphatic carboxylic acids is 1. The van der Waals surface area contributed by atoms with Crippen LogP contribution in [0.3, 0.4) is 0 Å². The molecule has 4 nitrogen and oxygen atoms in total. The van der Waals surface area contributed by atoms with Gasteiger partial charge in [-0.05, 0) is 48.2 Å². The Kier molecular flexibility index (Phi) is 5.79. The summed E-state index contributed by atoms with van der Waals surface area (Å²) in [7, 11) is 2.98. The van der Waals surface area contributed by atoms with E-state index in [0.717, 1.165) is 17.5 Å². The maximum Gasteiger partial charge on any atom is 0.311 e. The van der Waals surface area contributed by atoms with Crippen molar-refractivity contribution in [3.8, 4) is 11.5 Å². The van der Waals surface area contributed by atoms with Crippen LogP contribution in [0, 0.1) is 5.82 Å². The molecule has 0 saturated carbocycles. The zero-order valence-electron chi connectivity index (χ0n) is 14.0. The molecule has 0 amide bonds. The molecule has 0 aromatic heterocycles. The van der Waals surface area contributed by atoms with E-state index in [4.69, 9.17) is 9.47 Å². The van der Waals surface area contributed by atoms with E-state index in [-0.39, 0.29) is 6.42 Å². The van der Waals surface area contributed by atoms with Gasteiger partial charge in [-0.15, -0.1) is 0 Å². The van der Waals surface area contributed by atoms with Gasteiger partial charge in [-0.3, -0.25) is 4.79 Å². The van der Waals surface area contributed by atoms with Crippen LogP contribution in [-0.4, -0.2) is 25.3 Å². The average Bonchev–Trinajstić information content (AvgIpc) is 2.59. The van der Waals surface area contributed by atoms with Crippen LogP contribution in [0.2, 0.25) is 0 Å². The molecule has 5 heteroatoms. The van der Waals surface area contributed by atoms with Crippen LogP contribution in [0.1, 0.15) is 29.5 Å². The van der Waals surface area contributed by atoms with Crippen molar-refractivity contribution in [3.63, 3.8) is 0 Å². The minimum atomic E-state index is -1.04. The average molecular weight is 332 g/mol. The first kappa shape index (κ1) is 17.8. The lowest BCUT2D eigenvalue weighted by molar-refractivity contribution is -0.138. The molecule has 24 heavy (non-hydrogen) atoms. The number of carbonyl (C=O) groups is 1. The Morgan fingerprint density at radius 1 is 1.12 bits per heavy atom. The summed E-state index contributed by atoms with van der Waals surface area (Å²) in [6.07, 6.45) is 1.02. The maximum atomic E-state index is 13.6. The van der Waals surface area contributed by atoms with Crippen molar-refractivity contribution in [2.24, 2.45) is 0 Å². The van der Waals surface area contributed by atoms with Gasteiger partial charge < -0.3 is 14.6 Å². The molecule has 1 N–H and O–H groups in total. The largest absolute Gasteiger partial charge is 0.496 e. The summed E-state index contributed by atoms with van der Waals surface area (Å²) in [4.78, 5) is 11.8. The lowest BCUT2D eigenvalue weighted by Gasteiger charge is -2.18. The molecule has 0 saturated heterocycles. The summed E-state index contributed by atoms with van der Waals surface area (Å²) >= 11 is 0. The fourth-order valence-corrected chi connectivity index (χ4v) is 2.74. The molecule has 0 spiro atoms. The van der Waals surface area contributed by atoms with E-state index in [0.29, 0.717) is 17.1 Å². The summed E-state index contributed by atoms with van der Waals surface area (Å²) in [5.41, 5.74) is 2.17. The molecule has 1 atom stereocenters. The van der Waals surface area contributed by atoms with Crippen LogP contribution < -0.4 is 9.47 Å². The highest BCUT2D eigenvalue weighted by atomic mass is 19.1. The number of ether oxygens (including phenoxy) is 2. The fraction of sp³-hybridized carbons (Fsp3) is 0.316. The van der Waals surface area contributed by atoms with Gasteiger partial charge in [0.15, 0.2) is 0 Å². The normalized spacial score (nSPS) is 11.8. The van der Waals surface area contributed by atoms with Gasteiger partial charge >= 0.3 is 5.97 Å². The topological polar surface area (TPSA) is 55.8 Å². The van der Waals surface area contributed by atoms with E-state index in [1.807, 2.05) is 25.1 Å². The molecular formula is C19H21FO4. The molecule has 128 valence electrons. The zero-order chi connectivity index (χ0) is 17.7. The van der Waals surface area contributed by atoms with E-state index in [1.165, 1.54) is 25.3 Å². The van der Waals surface area contributed by atoms with Crippen molar-refractivity contribution in [1.29, 1.82) is 0 Å². The molecule has 1 unspecified atom stereocenters. The van der Waals surface area contributed by atoms with Gasteiger partial charge in [-0.1, -0.05) is 19.1 Å². The van der Waals surface area contributed by atoms with E-state index >= 15 is 0 Å². The van der Waals surface area contributed by atoms with Gasteiger partial charge in [-0.2, -0.15) is 0 Å². The highest BCUT2D eigenvalue weighted by Crippen LogP contribution is 2.33.